The van der Waals surface area contributed by atoms with Crippen molar-refractivity contribution in [3.05, 3.63) is 58.7 Å². The van der Waals surface area contributed by atoms with Gasteiger partial charge < -0.3 is 9.84 Å². The van der Waals surface area contributed by atoms with Crippen LogP contribution in [-0.4, -0.2) is 11.1 Å². The van der Waals surface area contributed by atoms with E-state index in [0.29, 0.717) is 22.8 Å². The lowest BCUT2D eigenvalue weighted by molar-refractivity contribution is 0.0696. The third-order valence-corrected chi connectivity index (χ3v) is 3.53. The summed E-state index contributed by atoms with van der Waals surface area (Å²) in [6.07, 6.45) is 0. The molecule has 0 aliphatic rings. The molecule has 110 valence electrons. The minimum absolute atomic E-state index is 0.301. The summed E-state index contributed by atoms with van der Waals surface area (Å²) in [6.45, 7) is 8.05. The second-order valence-corrected chi connectivity index (χ2v) is 5.56. The molecular formula is C18H20O3. The molecule has 0 spiro atoms. The van der Waals surface area contributed by atoms with Gasteiger partial charge >= 0.3 is 5.97 Å². The Kier molecular flexibility index (Phi) is 4.32. The third-order valence-electron chi connectivity index (χ3n) is 3.53. The highest BCUT2D eigenvalue weighted by molar-refractivity contribution is 5.89. The molecule has 0 saturated carbocycles. The highest BCUT2D eigenvalue weighted by Gasteiger charge is 2.10. The van der Waals surface area contributed by atoms with E-state index in [0.717, 1.165) is 11.3 Å². The van der Waals surface area contributed by atoms with Gasteiger partial charge in [0.15, 0.2) is 0 Å². The molecule has 0 aromatic heterocycles. The van der Waals surface area contributed by atoms with Crippen LogP contribution in [0.5, 0.6) is 11.5 Å². The van der Waals surface area contributed by atoms with E-state index in [-0.39, 0.29) is 0 Å². The summed E-state index contributed by atoms with van der Waals surface area (Å²) in [7, 11) is 0. The lowest BCUT2D eigenvalue weighted by Crippen LogP contribution is -2.00. The van der Waals surface area contributed by atoms with Gasteiger partial charge in [0.2, 0.25) is 0 Å². The molecule has 0 radical (unpaired) electrons. The molecule has 0 aliphatic heterocycles. The van der Waals surface area contributed by atoms with Crippen molar-refractivity contribution in [2.75, 3.05) is 0 Å². The first-order valence-electron chi connectivity index (χ1n) is 7.01. The maximum absolute atomic E-state index is 11.0. The molecule has 0 amide bonds. The summed E-state index contributed by atoms with van der Waals surface area (Å²) in [4.78, 5) is 11.0. The Bertz CT molecular complexity index is 672. The number of carboxylic acids is 1. The van der Waals surface area contributed by atoms with Gasteiger partial charge in [0.1, 0.15) is 11.5 Å². The predicted octanol–water partition coefficient (Wildman–Crippen LogP) is 4.92. The fraction of sp³-hybridized carbons (Fsp3) is 0.278. The van der Waals surface area contributed by atoms with Crippen LogP contribution >= 0.6 is 0 Å². The quantitative estimate of drug-likeness (QED) is 0.867. The largest absolute Gasteiger partial charge is 0.478 e. The van der Waals surface area contributed by atoms with Crippen LogP contribution in [0, 0.1) is 13.8 Å². The van der Waals surface area contributed by atoms with Crippen molar-refractivity contribution in [2.45, 2.75) is 33.6 Å². The average Bonchev–Trinajstić information content (AvgIpc) is 2.40. The number of benzene rings is 2. The number of carboxylic acid groups (broad SMARTS) is 1. The summed E-state index contributed by atoms with van der Waals surface area (Å²) >= 11 is 0. The van der Waals surface area contributed by atoms with Crippen molar-refractivity contribution in [2.24, 2.45) is 0 Å². The maximum atomic E-state index is 11.0. The van der Waals surface area contributed by atoms with Crippen LogP contribution in [0.15, 0.2) is 36.4 Å². The topological polar surface area (TPSA) is 46.5 Å². The third kappa shape index (κ3) is 3.43. The molecule has 0 saturated heterocycles. The fourth-order valence-corrected chi connectivity index (χ4v) is 2.15. The highest BCUT2D eigenvalue weighted by Crippen LogP contribution is 2.29. The van der Waals surface area contributed by atoms with Crippen LogP contribution in [0.4, 0.5) is 0 Å². The molecule has 0 atom stereocenters. The van der Waals surface area contributed by atoms with Crippen LogP contribution in [0.1, 0.15) is 46.8 Å². The van der Waals surface area contributed by atoms with Gasteiger partial charge in [-0.2, -0.15) is 0 Å². The monoisotopic (exact) mass is 284 g/mol. The number of hydrogen-bond acceptors (Lipinski definition) is 2. The van der Waals surface area contributed by atoms with Gasteiger partial charge in [-0.15, -0.1) is 0 Å². The number of hydrogen-bond donors (Lipinski definition) is 1. The van der Waals surface area contributed by atoms with Gasteiger partial charge in [0, 0.05) is 0 Å². The van der Waals surface area contributed by atoms with Gasteiger partial charge in [-0.05, 0) is 60.7 Å². The lowest BCUT2D eigenvalue weighted by atomic mass is 10.0. The van der Waals surface area contributed by atoms with Crippen LogP contribution in [0.3, 0.4) is 0 Å². The highest BCUT2D eigenvalue weighted by atomic mass is 16.5. The van der Waals surface area contributed by atoms with Crippen molar-refractivity contribution < 1.29 is 14.6 Å². The van der Waals surface area contributed by atoms with E-state index >= 15 is 0 Å². The van der Waals surface area contributed by atoms with Crippen molar-refractivity contribution in [1.82, 2.24) is 0 Å². The second kappa shape index (κ2) is 6.00. The zero-order valence-electron chi connectivity index (χ0n) is 12.8. The Morgan fingerprint density at radius 1 is 1.05 bits per heavy atom. The van der Waals surface area contributed by atoms with Crippen LogP contribution in [0.25, 0.3) is 0 Å². The average molecular weight is 284 g/mol. The molecule has 3 nitrogen and oxygen atoms in total. The Labute approximate surface area is 125 Å². The van der Waals surface area contributed by atoms with E-state index in [1.807, 2.05) is 19.1 Å². The van der Waals surface area contributed by atoms with Gasteiger partial charge in [0.25, 0.3) is 0 Å². The summed E-state index contributed by atoms with van der Waals surface area (Å²) in [5.41, 5.74) is 3.27. The smallest absolute Gasteiger partial charge is 0.335 e. The zero-order chi connectivity index (χ0) is 15.6. The standard InChI is InChI=1S/C18H20O3/c1-11(2)14-6-5-12(3)17(10-14)21-15-7-8-16(18(19)20)13(4)9-15/h5-11H,1-4H3,(H,19,20). The number of rotatable bonds is 4. The molecule has 1 N–H and O–H groups in total. The number of aromatic carboxylic acids is 1. The SMILES string of the molecule is Cc1ccc(C(C)C)cc1Oc1ccc(C(=O)O)c(C)c1. The van der Waals surface area contributed by atoms with E-state index in [2.05, 4.69) is 19.9 Å². The Morgan fingerprint density at radius 3 is 2.33 bits per heavy atom. The van der Waals surface area contributed by atoms with Gasteiger partial charge in [-0.1, -0.05) is 26.0 Å². The molecule has 21 heavy (non-hydrogen) atoms. The van der Waals surface area contributed by atoms with E-state index < -0.39 is 5.97 Å². The summed E-state index contributed by atoms with van der Waals surface area (Å²) in [5, 5.41) is 9.05. The van der Waals surface area contributed by atoms with Crippen LogP contribution in [-0.2, 0) is 0 Å². The van der Waals surface area contributed by atoms with E-state index in [9.17, 15) is 4.79 Å². The normalized spacial score (nSPS) is 10.7. The molecule has 0 heterocycles. The first kappa shape index (κ1) is 15.1. The summed E-state index contributed by atoms with van der Waals surface area (Å²) in [5.74, 6) is 0.978. The zero-order valence-corrected chi connectivity index (χ0v) is 12.8. The van der Waals surface area contributed by atoms with Crippen molar-refractivity contribution in [3.8, 4) is 11.5 Å². The lowest BCUT2D eigenvalue weighted by Gasteiger charge is -2.13. The molecule has 2 aromatic rings. The minimum atomic E-state index is -0.919. The molecule has 0 aliphatic carbocycles. The maximum Gasteiger partial charge on any atom is 0.335 e. The first-order valence-corrected chi connectivity index (χ1v) is 7.01. The van der Waals surface area contributed by atoms with Crippen LogP contribution in [0.2, 0.25) is 0 Å². The van der Waals surface area contributed by atoms with Gasteiger partial charge in [-0.3, -0.25) is 0 Å². The Balaban J connectivity index is 2.32. The summed E-state index contributed by atoms with van der Waals surface area (Å²) in [6, 6.07) is 11.2. The number of aryl methyl sites for hydroxylation is 2. The van der Waals surface area contributed by atoms with E-state index in [4.69, 9.17) is 9.84 Å². The molecule has 0 bridgehead atoms. The van der Waals surface area contributed by atoms with E-state index in [1.165, 1.54) is 5.56 Å². The van der Waals surface area contributed by atoms with Gasteiger partial charge in [0.05, 0.1) is 5.56 Å². The van der Waals surface area contributed by atoms with Crippen molar-refractivity contribution in [3.63, 3.8) is 0 Å². The van der Waals surface area contributed by atoms with Crippen molar-refractivity contribution in [1.29, 1.82) is 0 Å². The second-order valence-electron chi connectivity index (χ2n) is 5.56. The molecular weight excluding hydrogens is 264 g/mol. The molecule has 2 rings (SSSR count). The number of carbonyl (C=O) groups is 1. The Hall–Kier alpha value is -2.29. The number of ether oxygens (including phenoxy) is 1. The van der Waals surface area contributed by atoms with Gasteiger partial charge in [-0.25, -0.2) is 4.79 Å². The molecule has 0 unspecified atom stereocenters. The predicted molar refractivity (Wildman–Crippen MR) is 83.5 cm³/mol. The summed E-state index contributed by atoms with van der Waals surface area (Å²) < 4.78 is 5.92. The Morgan fingerprint density at radius 2 is 1.76 bits per heavy atom. The molecule has 3 heteroatoms. The van der Waals surface area contributed by atoms with Crippen molar-refractivity contribution >= 4 is 5.97 Å². The minimum Gasteiger partial charge on any atom is -0.478 e. The first-order chi connectivity index (χ1) is 9.88. The van der Waals surface area contributed by atoms with E-state index in [1.54, 1.807) is 25.1 Å². The molecule has 2 aromatic carbocycles. The fourth-order valence-electron chi connectivity index (χ4n) is 2.15. The molecule has 0 fully saturated rings. The van der Waals surface area contributed by atoms with Crippen LogP contribution < -0.4 is 4.74 Å².